The molecule has 3 fully saturated rings. The van der Waals surface area contributed by atoms with Gasteiger partial charge in [0.05, 0.1) is 0 Å². The highest BCUT2D eigenvalue weighted by Crippen LogP contribution is 2.66. The Labute approximate surface area is 110 Å². The molecule has 1 aromatic rings. The van der Waals surface area contributed by atoms with Gasteiger partial charge in [0.2, 0.25) is 0 Å². The van der Waals surface area contributed by atoms with Crippen LogP contribution in [0, 0.1) is 23.7 Å². The van der Waals surface area contributed by atoms with Gasteiger partial charge in [0, 0.05) is 21.9 Å². The average Bonchev–Trinajstić information content (AvgIpc) is 2.70. The smallest absolute Gasteiger partial charge is 0.0488 e. The van der Waals surface area contributed by atoms with Crippen molar-refractivity contribution < 1.29 is 0 Å². The fourth-order valence-corrected chi connectivity index (χ4v) is 4.86. The van der Waals surface area contributed by atoms with Crippen LogP contribution in [0.2, 0.25) is 0 Å². The number of hydrogen-bond acceptors (Lipinski definition) is 2. The molecule has 4 unspecified atom stereocenters. The van der Waals surface area contributed by atoms with E-state index in [0.29, 0.717) is 0 Å². The summed E-state index contributed by atoms with van der Waals surface area (Å²) >= 11 is 3.59. The zero-order valence-electron chi connectivity index (χ0n) is 9.70. The summed E-state index contributed by atoms with van der Waals surface area (Å²) in [4.78, 5) is 0. The maximum Gasteiger partial charge on any atom is 0.0488 e. The lowest BCUT2D eigenvalue weighted by atomic mass is 10.0. The van der Waals surface area contributed by atoms with Crippen LogP contribution in [-0.4, -0.2) is 6.04 Å². The zero-order chi connectivity index (χ0) is 11.6. The van der Waals surface area contributed by atoms with Gasteiger partial charge >= 0.3 is 0 Å². The summed E-state index contributed by atoms with van der Waals surface area (Å²) in [5.74, 6) is 3.99. The summed E-state index contributed by atoms with van der Waals surface area (Å²) in [5.41, 5.74) is 7.79. The number of halogens is 1. The molecular formula is C14H17BrN2. The molecule has 3 N–H and O–H groups in total. The van der Waals surface area contributed by atoms with Crippen molar-refractivity contribution in [1.29, 1.82) is 0 Å². The van der Waals surface area contributed by atoms with Crippen molar-refractivity contribution in [2.45, 2.75) is 25.3 Å². The summed E-state index contributed by atoms with van der Waals surface area (Å²) in [6, 6.07) is 6.78. The average molecular weight is 293 g/mol. The number of nitrogens with one attached hydrogen (secondary N) is 1. The number of nitrogens with two attached hydrogens (primary N) is 1. The maximum atomic E-state index is 5.76. The van der Waals surface area contributed by atoms with Crippen LogP contribution in [-0.2, 0) is 0 Å². The predicted molar refractivity (Wildman–Crippen MR) is 73.8 cm³/mol. The standard InChI is InChI=1S/C14H17BrN2/c15-10-6-9(16)3-4-11(10)17-14-12-7-1-2-8(5-7)13(12)14/h3-4,6-8,12-14,17H,1-2,5,16H2. The molecule has 0 saturated heterocycles. The van der Waals surface area contributed by atoms with E-state index < -0.39 is 0 Å². The van der Waals surface area contributed by atoms with E-state index in [1.165, 1.54) is 24.9 Å². The van der Waals surface area contributed by atoms with Crippen LogP contribution in [0.3, 0.4) is 0 Å². The van der Waals surface area contributed by atoms with Gasteiger partial charge < -0.3 is 11.1 Å². The van der Waals surface area contributed by atoms with E-state index in [4.69, 9.17) is 5.73 Å². The van der Waals surface area contributed by atoms with Crippen molar-refractivity contribution in [3.63, 3.8) is 0 Å². The highest BCUT2D eigenvalue weighted by Gasteiger charge is 2.65. The van der Waals surface area contributed by atoms with Gasteiger partial charge in [-0.1, -0.05) is 0 Å². The molecule has 3 aliphatic carbocycles. The Balaban J connectivity index is 1.52. The topological polar surface area (TPSA) is 38.0 Å². The highest BCUT2D eigenvalue weighted by atomic mass is 79.9. The SMILES string of the molecule is Nc1ccc(NC2C3C4CCC(C4)C23)c(Br)c1. The minimum atomic E-state index is 0.737. The summed E-state index contributed by atoms with van der Waals surface area (Å²) < 4.78 is 1.09. The lowest BCUT2D eigenvalue weighted by Crippen LogP contribution is -2.13. The fourth-order valence-electron chi connectivity index (χ4n) is 4.35. The molecule has 3 aliphatic rings. The minimum Gasteiger partial charge on any atom is -0.399 e. The van der Waals surface area contributed by atoms with Gasteiger partial charge in [0.15, 0.2) is 0 Å². The molecule has 3 heteroatoms. The van der Waals surface area contributed by atoms with Gasteiger partial charge in [-0.15, -0.1) is 0 Å². The first-order valence-corrected chi connectivity index (χ1v) is 7.35. The lowest BCUT2D eigenvalue weighted by molar-refractivity contribution is 0.456. The van der Waals surface area contributed by atoms with Crippen LogP contribution in [0.25, 0.3) is 0 Å². The van der Waals surface area contributed by atoms with Crippen molar-refractivity contribution in [3.05, 3.63) is 22.7 Å². The largest absolute Gasteiger partial charge is 0.399 e. The molecular weight excluding hydrogens is 276 g/mol. The molecule has 4 rings (SSSR count). The van der Waals surface area contributed by atoms with Crippen LogP contribution < -0.4 is 11.1 Å². The van der Waals surface area contributed by atoms with Gasteiger partial charge in [-0.2, -0.15) is 0 Å². The van der Waals surface area contributed by atoms with Crippen molar-refractivity contribution in [1.82, 2.24) is 0 Å². The molecule has 2 nitrogen and oxygen atoms in total. The molecule has 0 radical (unpaired) electrons. The Hall–Kier alpha value is -0.700. The Kier molecular flexibility index (Phi) is 2.05. The minimum absolute atomic E-state index is 0.737. The van der Waals surface area contributed by atoms with Crippen LogP contribution in [0.15, 0.2) is 22.7 Å². The van der Waals surface area contributed by atoms with Gasteiger partial charge in [-0.3, -0.25) is 0 Å². The van der Waals surface area contributed by atoms with Crippen LogP contribution in [0.1, 0.15) is 19.3 Å². The third-order valence-corrected chi connectivity index (χ3v) is 5.71. The highest BCUT2D eigenvalue weighted by molar-refractivity contribution is 9.10. The second-order valence-electron chi connectivity index (χ2n) is 5.90. The van der Waals surface area contributed by atoms with E-state index in [2.05, 4.69) is 27.3 Å². The molecule has 0 spiro atoms. The summed E-state index contributed by atoms with van der Waals surface area (Å²) in [5, 5.41) is 3.71. The van der Waals surface area contributed by atoms with Crippen molar-refractivity contribution in [3.8, 4) is 0 Å². The van der Waals surface area contributed by atoms with Crippen LogP contribution >= 0.6 is 15.9 Å². The molecule has 90 valence electrons. The predicted octanol–water partition coefficient (Wildman–Crippen LogP) is 3.49. The van der Waals surface area contributed by atoms with Gasteiger partial charge in [-0.25, -0.2) is 0 Å². The number of hydrogen-bond donors (Lipinski definition) is 2. The second-order valence-corrected chi connectivity index (χ2v) is 6.75. The normalized spacial score (nSPS) is 41.4. The van der Waals surface area contributed by atoms with Crippen molar-refractivity contribution in [2.24, 2.45) is 23.7 Å². The number of nitrogen functional groups attached to an aromatic ring is 1. The van der Waals surface area contributed by atoms with Gasteiger partial charge in [0.1, 0.15) is 0 Å². The molecule has 0 aliphatic heterocycles. The lowest BCUT2D eigenvalue weighted by Gasteiger charge is -2.13. The third-order valence-electron chi connectivity index (χ3n) is 5.05. The second kappa shape index (κ2) is 3.41. The van der Waals surface area contributed by atoms with Gasteiger partial charge in [-0.05, 0) is 77.1 Å². The van der Waals surface area contributed by atoms with Crippen LogP contribution in [0.5, 0.6) is 0 Å². The molecule has 1 aromatic carbocycles. The van der Waals surface area contributed by atoms with Crippen LogP contribution in [0.4, 0.5) is 11.4 Å². The zero-order valence-corrected chi connectivity index (χ0v) is 11.3. The fraction of sp³-hybridized carbons (Fsp3) is 0.571. The molecule has 2 bridgehead atoms. The van der Waals surface area contributed by atoms with Crippen molar-refractivity contribution >= 4 is 27.3 Å². The molecule has 0 heterocycles. The van der Waals surface area contributed by atoms with E-state index in [1.54, 1.807) is 0 Å². The van der Waals surface area contributed by atoms with E-state index in [0.717, 1.165) is 39.9 Å². The number of benzene rings is 1. The molecule has 17 heavy (non-hydrogen) atoms. The monoisotopic (exact) mass is 292 g/mol. The van der Waals surface area contributed by atoms with Crippen molar-refractivity contribution in [2.75, 3.05) is 11.1 Å². The first kappa shape index (κ1) is 10.2. The van der Waals surface area contributed by atoms with Gasteiger partial charge in [0.25, 0.3) is 0 Å². The molecule has 4 atom stereocenters. The van der Waals surface area contributed by atoms with E-state index in [9.17, 15) is 0 Å². The Morgan fingerprint density at radius 1 is 1.18 bits per heavy atom. The Morgan fingerprint density at radius 3 is 2.53 bits per heavy atom. The Bertz CT molecular complexity index is 457. The summed E-state index contributed by atoms with van der Waals surface area (Å²) in [6.45, 7) is 0. The summed E-state index contributed by atoms with van der Waals surface area (Å²) in [6.07, 6.45) is 4.47. The first-order chi connectivity index (χ1) is 8.24. The number of rotatable bonds is 2. The van der Waals surface area contributed by atoms with E-state index >= 15 is 0 Å². The number of anilines is 2. The number of fused-ring (bicyclic) bond motifs is 5. The third kappa shape index (κ3) is 1.44. The maximum absolute atomic E-state index is 5.76. The molecule has 3 saturated carbocycles. The first-order valence-electron chi connectivity index (χ1n) is 6.55. The summed E-state index contributed by atoms with van der Waals surface area (Å²) in [7, 11) is 0. The molecule has 0 aromatic heterocycles. The van der Waals surface area contributed by atoms with E-state index in [1.807, 2.05) is 12.1 Å². The Morgan fingerprint density at radius 2 is 1.88 bits per heavy atom. The molecule has 0 amide bonds. The van der Waals surface area contributed by atoms with E-state index in [-0.39, 0.29) is 0 Å². The quantitative estimate of drug-likeness (QED) is 0.819.